The summed E-state index contributed by atoms with van der Waals surface area (Å²) in [6, 6.07) is 15.8. The molecule has 5 heteroatoms. The van der Waals surface area contributed by atoms with E-state index in [0.717, 1.165) is 36.0 Å². The molecule has 1 fully saturated rings. The standard InChI is InChI=1S/C24H26N2O3/c1-15-11-12-17(13-15)26-23(27)16(2)25-24(28)29-14-22-20-9-5-3-7-18(20)19-8-4-6-10-21(19)22/h3-10,16-17,22H,1,11-14H2,2H3,(H,25,28)(H,26,27)/t16-,17?/m0/s1. The van der Waals surface area contributed by atoms with Gasteiger partial charge in [-0.25, -0.2) is 4.79 Å². The molecule has 2 N–H and O–H groups in total. The summed E-state index contributed by atoms with van der Waals surface area (Å²) in [7, 11) is 0. The van der Waals surface area contributed by atoms with Crippen molar-refractivity contribution in [3.63, 3.8) is 0 Å². The van der Waals surface area contributed by atoms with Crippen LogP contribution in [-0.4, -0.2) is 30.7 Å². The Balaban J connectivity index is 1.34. The van der Waals surface area contributed by atoms with Gasteiger partial charge in [0.25, 0.3) is 0 Å². The zero-order valence-corrected chi connectivity index (χ0v) is 16.6. The normalized spacial score (nSPS) is 18.7. The van der Waals surface area contributed by atoms with Gasteiger partial charge < -0.3 is 15.4 Å². The zero-order valence-electron chi connectivity index (χ0n) is 16.6. The summed E-state index contributed by atoms with van der Waals surface area (Å²) in [5.74, 6) is -0.194. The number of nitrogens with one attached hydrogen (secondary N) is 2. The minimum atomic E-state index is -0.653. The van der Waals surface area contributed by atoms with Gasteiger partial charge in [0, 0.05) is 12.0 Å². The number of benzene rings is 2. The molecule has 0 heterocycles. The van der Waals surface area contributed by atoms with Gasteiger partial charge in [-0.1, -0.05) is 60.7 Å². The topological polar surface area (TPSA) is 67.4 Å². The number of amides is 2. The van der Waals surface area contributed by atoms with E-state index in [2.05, 4.69) is 41.5 Å². The Hall–Kier alpha value is -3.08. The summed E-state index contributed by atoms with van der Waals surface area (Å²) in [6.07, 6.45) is 2.08. The quantitative estimate of drug-likeness (QED) is 0.754. The van der Waals surface area contributed by atoms with Crippen molar-refractivity contribution >= 4 is 12.0 Å². The zero-order chi connectivity index (χ0) is 20.4. The number of hydrogen-bond acceptors (Lipinski definition) is 3. The first-order valence-electron chi connectivity index (χ1n) is 10.1. The fourth-order valence-electron chi connectivity index (χ4n) is 4.26. The maximum absolute atomic E-state index is 12.3. The van der Waals surface area contributed by atoms with Crippen molar-refractivity contribution in [3.05, 3.63) is 71.8 Å². The molecule has 0 saturated heterocycles. The smallest absolute Gasteiger partial charge is 0.407 e. The molecule has 0 bridgehead atoms. The Kier molecular flexibility index (Phi) is 5.38. The maximum atomic E-state index is 12.3. The Labute approximate surface area is 171 Å². The molecule has 1 unspecified atom stereocenters. The lowest BCUT2D eigenvalue weighted by atomic mass is 9.98. The van der Waals surface area contributed by atoms with E-state index in [1.165, 1.54) is 11.1 Å². The third-order valence-electron chi connectivity index (χ3n) is 5.80. The van der Waals surface area contributed by atoms with Crippen LogP contribution in [0.2, 0.25) is 0 Å². The van der Waals surface area contributed by atoms with Crippen molar-refractivity contribution < 1.29 is 14.3 Å². The molecular weight excluding hydrogens is 364 g/mol. The van der Waals surface area contributed by atoms with E-state index in [4.69, 9.17) is 4.74 Å². The largest absolute Gasteiger partial charge is 0.449 e. The van der Waals surface area contributed by atoms with E-state index in [9.17, 15) is 9.59 Å². The molecule has 2 amide bonds. The molecule has 2 aromatic carbocycles. The van der Waals surface area contributed by atoms with Crippen molar-refractivity contribution in [1.82, 2.24) is 10.6 Å². The van der Waals surface area contributed by atoms with Gasteiger partial charge in [0.15, 0.2) is 0 Å². The fraction of sp³-hybridized carbons (Fsp3) is 0.333. The van der Waals surface area contributed by atoms with Crippen LogP contribution in [0.4, 0.5) is 4.79 Å². The highest BCUT2D eigenvalue weighted by atomic mass is 16.5. The second-order valence-corrected chi connectivity index (χ2v) is 7.89. The minimum absolute atomic E-state index is 0.00165. The molecule has 0 aromatic heterocycles. The molecule has 1 saturated carbocycles. The Bertz CT molecular complexity index is 907. The SMILES string of the molecule is C=C1CCC(NC(=O)[C@H](C)NC(=O)OCC2c3ccccc3-c3ccccc32)C1. The second kappa shape index (κ2) is 8.11. The molecule has 2 aliphatic rings. The van der Waals surface area contributed by atoms with Gasteiger partial charge in [-0.3, -0.25) is 4.79 Å². The van der Waals surface area contributed by atoms with Gasteiger partial charge >= 0.3 is 6.09 Å². The van der Waals surface area contributed by atoms with Crippen LogP contribution in [0.3, 0.4) is 0 Å². The first kappa shape index (κ1) is 19.2. The highest BCUT2D eigenvalue weighted by molar-refractivity contribution is 5.85. The molecule has 2 atom stereocenters. The van der Waals surface area contributed by atoms with Crippen molar-refractivity contribution in [3.8, 4) is 11.1 Å². The van der Waals surface area contributed by atoms with E-state index in [1.54, 1.807) is 6.92 Å². The van der Waals surface area contributed by atoms with Crippen LogP contribution in [0.1, 0.15) is 43.2 Å². The van der Waals surface area contributed by atoms with Gasteiger partial charge in [0.05, 0.1) is 0 Å². The van der Waals surface area contributed by atoms with Crippen molar-refractivity contribution in [2.24, 2.45) is 0 Å². The molecule has 4 rings (SSSR count). The van der Waals surface area contributed by atoms with Crippen LogP contribution < -0.4 is 10.6 Å². The molecule has 2 aromatic rings. The third-order valence-corrected chi connectivity index (χ3v) is 5.80. The van der Waals surface area contributed by atoms with Crippen molar-refractivity contribution in [2.45, 2.75) is 44.2 Å². The van der Waals surface area contributed by atoms with Crippen LogP contribution in [-0.2, 0) is 9.53 Å². The number of hydrogen-bond donors (Lipinski definition) is 2. The van der Waals surface area contributed by atoms with Gasteiger partial charge in [-0.15, -0.1) is 0 Å². The minimum Gasteiger partial charge on any atom is -0.449 e. The summed E-state index contributed by atoms with van der Waals surface area (Å²) in [5, 5.41) is 5.61. The lowest BCUT2D eigenvalue weighted by Crippen LogP contribution is -2.47. The van der Waals surface area contributed by atoms with E-state index < -0.39 is 12.1 Å². The predicted octanol–water partition coefficient (Wildman–Crippen LogP) is 4.14. The van der Waals surface area contributed by atoms with Crippen LogP contribution in [0.5, 0.6) is 0 Å². The number of rotatable bonds is 5. The van der Waals surface area contributed by atoms with Crippen LogP contribution in [0.25, 0.3) is 11.1 Å². The lowest BCUT2D eigenvalue weighted by Gasteiger charge is -2.19. The highest BCUT2D eigenvalue weighted by Gasteiger charge is 2.29. The second-order valence-electron chi connectivity index (χ2n) is 7.89. The van der Waals surface area contributed by atoms with Gasteiger partial charge in [0.1, 0.15) is 12.6 Å². The number of fused-ring (bicyclic) bond motifs is 3. The third kappa shape index (κ3) is 4.04. The molecule has 0 spiro atoms. The summed E-state index contributed by atoms with van der Waals surface area (Å²) in [4.78, 5) is 24.6. The maximum Gasteiger partial charge on any atom is 0.407 e. The monoisotopic (exact) mass is 390 g/mol. The van der Waals surface area contributed by atoms with E-state index in [-0.39, 0.29) is 24.5 Å². The predicted molar refractivity (Wildman–Crippen MR) is 113 cm³/mol. The average Bonchev–Trinajstić information content (AvgIpc) is 3.27. The van der Waals surface area contributed by atoms with E-state index >= 15 is 0 Å². The van der Waals surface area contributed by atoms with Crippen LogP contribution >= 0.6 is 0 Å². The Morgan fingerprint density at radius 2 is 1.72 bits per heavy atom. The summed E-state index contributed by atoms with van der Waals surface area (Å²) >= 11 is 0. The summed E-state index contributed by atoms with van der Waals surface area (Å²) in [5.41, 5.74) is 5.85. The number of carbonyl (C=O) groups is 2. The molecule has 0 aliphatic heterocycles. The van der Waals surface area contributed by atoms with Gasteiger partial charge in [0.2, 0.25) is 5.91 Å². The molecule has 150 valence electrons. The summed E-state index contributed by atoms with van der Waals surface area (Å²) < 4.78 is 5.50. The molecule has 29 heavy (non-hydrogen) atoms. The van der Waals surface area contributed by atoms with Crippen molar-refractivity contribution in [1.29, 1.82) is 0 Å². The van der Waals surface area contributed by atoms with Gasteiger partial charge in [-0.2, -0.15) is 0 Å². The van der Waals surface area contributed by atoms with Crippen LogP contribution in [0.15, 0.2) is 60.7 Å². The highest BCUT2D eigenvalue weighted by Crippen LogP contribution is 2.44. The Morgan fingerprint density at radius 1 is 1.10 bits per heavy atom. The number of ether oxygens (including phenoxy) is 1. The molecule has 5 nitrogen and oxygen atoms in total. The first-order chi connectivity index (χ1) is 14.0. The molecule has 2 aliphatic carbocycles. The number of alkyl carbamates (subject to hydrolysis) is 1. The van der Waals surface area contributed by atoms with E-state index in [0.29, 0.717) is 0 Å². The van der Waals surface area contributed by atoms with Crippen LogP contribution in [0, 0.1) is 0 Å². The first-order valence-corrected chi connectivity index (χ1v) is 10.1. The number of carbonyl (C=O) groups excluding carboxylic acids is 2. The average molecular weight is 390 g/mol. The fourth-order valence-corrected chi connectivity index (χ4v) is 4.26. The van der Waals surface area contributed by atoms with Gasteiger partial charge in [-0.05, 0) is 48.4 Å². The van der Waals surface area contributed by atoms with E-state index in [1.807, 2.05) is 24.3 Å². The Morgan fingerprint density at radius 3 is 2.31 bits per heavy atom. The lowest BCUT2D eigenvalue weighted by molar-refractivity contribution is -0.123. The molecular formula is C24H26N2O3. The molecule has 0 radical (unpaired) electrons. The van der Waals surface area contributed by atoms with Crippen molar-refractivity contribution in [2.75, 3.05) is 6.61 Å². The summed E-state index contributed by atoms with van der Waals surface area (Å²) in [6.45, 7) is 5.86.